The fourth-order valence-corrected chi connectivity index (χ4v) is 5.33. The Morgan fingerprint density at radius 2 is 1.75 bits per heavy atom. The van der Waals surface area contributed by atoms with Crippen LogP contribution < -0.4 is 9.62 Å². The highest BCUT2D eigenvalue weighted by Crippen LogP contribution is 2.25. The highest BCUT2D eigenvalue weighted by atomic mass is 79.9. The van der Waals surface area contributed by atoms with Crippen LogP contribution in [0.15, 0.2) is 46.9 Å². The number of halogens is 1. The smallest absolute Gasteiger partial charge is 0.242 e. The van der Waals surface area contributed by atoms with Crippen LogP contribution in [0.5, 0.6) is 0 Å². The zero-order valence-corrected chi connectivity index (χ0v) is 24.4. The maximum Gasteiger partial charge on any atom is 0.242 e. The van der Waals surface area contributed by atoms with Crippen molar-refractivity contribution in [2.75, 3.05) is 17.1 Å². The van der Waals surface area contributed by atoms with E-state index in [0.717, 1.165) is 27.6 Å². The maximum absolute atomic E-state index is 13.4. The van der Waals surface area contributed by atoms with Gasteiger partial charge in [0.1, 0.15) is 6.04 Å². The zero-order chi connectivity index (χ0) is 27.0. The molecule has 2 aromatic rings. The van der Waals surface area contributed by atoms with Gasteiger partial charge in [-0.1, -0.05) is 47.1 Å². The molecule has 2 aromatic carbocycles. The lowest BCUT2D eigenvalue weighted by Crippen LogP contribution is -2.49. The van der Waals surface area contributed by atoms with E-state index in [9.17, 15) is 18.0 Å². The van der Waals surface area contributed by atoms with Crippen molar-refractivity contribution in [3.8, 4) is 0 Å². The first-order valence-corrected chi connectivity index (χ1v) is 14.9. The summed E-state index contributed by atoms with van der Waals surface area (Å²) < 4.78 is 27.4. The molecule has 36 heavy (non-hydrogen) atoms. The Bertz CT molecular complexity index is 1170. The molecule has 0 saturated carbocycles. The van der Waals surface area contributed by atoms with E-state index in [2.05, 4.69) is 21.2 Å². The average Bonchev–Trinajstić information content (AvgIpc) is 2.81. The lowest BCUT2D eigenvalue weighted by molar-refractivity contribution is -0.140. The largest absolute Gasteiger partial charge is 0.352 e. The third kappa shape index (κ3) is 8.34. The second-order valence-corrected chi connectivity index (χ2v) is 12.1. The molecule has 2 atom stereocenters. The molecule has 0 radical (unpaired) electrons. The van der Waals surface area contributed by atoms with E-state index in [-0.39, 0.29) is 37.4 Å². The second kappa shape index (κ2) is 13.2. The number of amides is 2. The molecule has 198 valence electrons. The van der Waals surface area contributed by atoms with Crippen molar-refractivity contribution >= 4 is 43.5 Å². The van der Waals surface area contributed by atoms with Crippen LogP contribution in [-0.2, 0) is 26.2 Å². The fraction of sp³-hybridized carbons (Fsp3) is 0.481. The molecule has 0 heterocycles. The summed E-state index contributed by atoms with van der Waals surface area (Å²) in [5.74, 6) is -0.406. The Kier molecular flexibility index (Phi) is 11.0. The van der Waals surface area contributed by atoms with Crippen molar-refractivity contribution in [1.29, 1.82) is 0 Å². The molecule has 2 amide bonds. The maximum atomic E-state index is 13.4. The molecular weight excluding hydrogens is 542 g/mol. The minimum Gasteiger partial charge on any atom is -0.352 e. The zero-order valence-electron chi connectivity index (χ0n) is 22.0. The molecule has 7 nitrogen and oxygen atoms in total. The molecule has 0 saturated heterocycles. The molecule has 0 aliphatic heterocycles. The van der Waals surface area contributed by atoms with Gasteiger partial charge in [0.2, 0.25) is 21.8 Å². The van der Waals surface area contributed by atoms with E-state index in [1.807, 2.05) is 64.1 Å². The van der Waals surface area contributed by atoms with Gasteiger partial charge in [-0.25, -0.2) is 8.42 Å². The summed E-state index contributed by atoms with van der Waals surface area (Å²) in [4.78, 5) is 27.8. The second-order valence-electron chi connectivity index (χ2n) is 9.30. The molecule has 9 heteroatoms. The van der Waals surface area contributed by atoms with Gasteiger partial charge < -0.3 is 10.2 Å². The lowest BCUT2D eigenvalue weighted by Gasteiger charge is -2.30. The van der Waals surface area contributed by atoms with Gasteiger partial charge in [-0.2, -0.15) is 0 Å². The normalized spacial score (nSPS) is 13.1. The van der Waals surface area contributed by atoms with Crippen LogP contribution in [0.2, 0.25) is 0 Å². The van der Waals surface area contributed by atoms with Gasteiger partial charge in [0.05, 0.1) is 11.9 Å². The number of carbonyl (C=O) groups excluding carboxylic acids is 2. The van der Waals surface area contributed by atoms with Gasteiger partial charge in [-0.3, -0.25) is 13.9 Å². The van der Waals surface area contributed by atoms with Crippen LogP contribution in [0.1, 0.15) is 56.7 Å². The molecule has 0 aromatic heterocycles. The number of nitrogens with zero attached hydrogens (tertiary/aromatic N) is 2. The summed E-state index contributed by atoms with van der Waals surface area (Å²) >= 11 is 3.46. The summed E-state index contributed by atoms with van der Waals surface area (Å²) in [7, 11) is -3.54. The Hall–Kier alpha value is -2.39. The number of benzene rings is 2. The van der Waals surface area contributed by atoms with Crippen LogP contribution in [0.3, 0.4) is 0 Å². The predicted octanol–water partition coefficient (Wildman–Crippen LogP) is 4.94. The Labute approximate surface area is 224 Å². The number of carbonyl (C=O) groups is 2. The van der Waals surface area contributed by atoms with Gasteiger partial charge >= 0.3 is 0 Å². The average molecular weight is 581 g/mol. The SMILES string of the molecule is CCC(C)NC(=O)C(C)N(Cc1cccc(Br)c1)C(=O)CCCN(c1cccc(C)c1C)S(C)(=O)=O. The Morgan fingerprint density at radius 1 is 1.08 bits per heavy atom. The number of nitrogens with one attached hydrogen (secondary N) is 1. The summed E-state index contributed by atoms with van der Waals surface area (Å²) in [6, 6.07) is 12.5. The molecule has 0 aliphatic carbocycles. The van der Waals surface area contributed by atoms with Crippen molar-refractivity contribution in [3.63, 3.8) is 0 Å². The number of sulfonamides is 1. The van der Waals surface area contributed by atoms with Crippen molar-refractivity contribution in [1.82, 2.24) is 10.2 Å². The van der Waals surface area contributed by atoms with Crippen LogP contribution in [0, 0.1) is 13.8 Å². The highest BCUT2D eigenvalue weighted by Gasteiger charge is 2.27. The van der Waals surface area contributed by atoms with Gasteiger partial charge in [-0.05, 0) is 75.4 Å². The van der Waals surface area contributed by atoms with E-state index < -0.39 is 16.1 Å². The predicted molar refractivity (Wildman–Crippen MR) is 149 cm³/mol. The summed E-state index contributed by atoms with van der Waals surface area (Å²) in [6.45, 7) is 9.93. The van der Waals surface area contributed by atoms with Gasteiger partial charge in [0.25, 0.3) is 0 Å². The fourth-order valence-electron chi connectivity index (χ4n) is 3.87. The van der Waals surface area contributed by atoms with Gasteiger partial charge in [-0.15, -0.1) is 0 Å². The monoisotopic (exact) mass is 579 g/mol. The first-order chi connectivity index (χ1) is 16.8. The summed E-state index contributed by atoms with van der Waals surface area (Å²) in [5.41, 5.74) is 3.41. The number of aryl methyl sites for hydroxylation is 1. The Balaban J connectivity index is 2.21. The van der Waals surface area contributed by atoms with Crippen LogP contribution in [0.25, 0.3) is 0 Å². The number of anilines is 1. The number of rotatable bonds is 12. The molecule has 2 rings (SSSR count). The first-order valence-electron chi connectivity index (χ1n) is 12.2. The third-order valence-electron chi connectivity index (χ3n) is 6.41. The number of hydrogen-bond acceptors (Lipinski definition) is 4. The van der Waals surface area contributed by atoms with Crippen LogP contribution in [-0.4, -0.2) is 50.0 Å². The van der Waals surface area contributed by atoms with Crippen molar-refractivity contribution in [3.05, 3.63) is 63.6 Å². The molecule has 2 unspecified atom stereocenters. The van der Waals surface area contributed by atoms with Crippen LogP contribution in [0.4, 0.5) is 5.69 Å². The highest BCUT2D eigenvalue weighted by molar-refractivity contribution is 9.10. The van der Waals surface area contributed by atoms with E-state index >= 15 is 0 Å². The van der Waals surface area contributed by atoms with E-state index in [4.69, 9.17) is 0 Å². The van der Waals surface area contributed by atoms with Gasteiger partial charge in [0.15, 0.2) is 0 Å². The van der Waals surface area contributed by atoms with Crippen molar-refractivity contribution < 1.29 is 18.0 Å². The summed E-state index contributed by atoms with van der Waals surface area (Å²) in [6.07, 6.45) is 2.41. The molecular formula is C27H38BrN3O4S. The first kappa shape index (κ1) is 29.8. The van der Waals surface area contributed by atoms with Crippen molar-refractivity contribution in [2.24, 2.45) is 0 Å². The van der Waals surface area contributed by atoms with Crippen molar-refractivity contribution in [2.45, 2.75) is 72.5 Å². The quantitative estimate of drug-likeness (QED) is 0.385. The number of hydrogen-bond donors (Lipinski definition) is 1. The van der Waals surface area contributed by atoms with E-state index in [1.165, 1.54) is 10.6 Å². The minimum absolute atomic E-state index is 0.00339. The molecule has 0 fully saturated rings. The lowest BCUT2D eigenvalue weighted by atomic mass is 10.1. The van der Waals surface area contributed by atoms with E-state index in [1.54, 1.807) is 17.9 Å². The standard InChI is InChI=1S/C27H38BrN3O4S/c1-7-20(3)29-27(33)22(5)30(18-23-12-9-13-24(28)17-23)26(32)15-10-16-31(36(6,34)35)25-14-8-11-19(2)21(25)4/h8-9,11-14,17,20,22H,7,10,15-16,18H2,1-6H3,(H,29,33). The van der Waals surface area contributed by atoms with E-state index in [0.29, 0.717) is 12.1 Å². The molecule has 0 spiro atoms. The molecule has 0 aliphatic rings. The summed E-state index contributed by atoms with van der Waals surface area (Å²) in [5, 5.41) is 2.96. The molecule has 1 N–H and O–H groups in total. The topological polar surface area (TPSA) is 86.8 Å². The minimum atomic E-state index is -3.54. The van der Waals surface area contributed by atoms with Gasteiger partial charge in [0, 0.05) is 30.0 Å². The molecule has 0 bridgehead atoms. The van der Waals surface area contributed by atoms with Crippen LogP contribution >= 0.6 is 15.9 Å². The Morgan fingerprint density at radius 3 is 2.36 bits per heavy atom. The third-order valence-corrected chi connectivity index (χ3v) is 8.08.